The van der Waals surface area contributed by atoms with Crippen molar-refractivity contribution >= 4 is 5.91 Å². The van der Waals surface area contributed by atoms with E-state index in [0.717, 1.165) is 31.2 Å². The minimum Gasteiger partial charge on any atom is -0.326 e. The number of carbonyl (C=O) groups excluding carboxylic acids is 1. The topological polar surface area (TPSA) is 44.1 Å². The predicted molar refractivity (Wildman–Crippen MR) is 69.7 cm³/mol. The molecule has 1 aliphatic carbocycles. The first-order valence-electron chi connectivity index (χ1n) is 6.61. The van der Waals surface area contributed by atoms with Crippen LogP contribution >= 0.6 is 0 Å². The number of rotatable bonds is 4. The molecule has 0 aromatic heterocycles. The molecule has 19 heavy (non-hydrogen) atoms. The molecule has 0 radical (unpaired) electrons. The minimum absolute atomic E-state index is 0.0416. The molecule has 0 heterocycles. The van der Waals surface area contributed by atoms with Gasteiger partial charge in [-0.15, -0.1) is 0 Å². The Hall–Kier alpha value is -1.89. The lowest BCUT2D eigenvalue weighted by atomic mass is 10.1. The smallest absolute Gasteiger partial charge is 0.228 e. The van der Waals surface area contributed by atoms with Crippen LogP contribution in [0, 0.1) is 17.1 Å². The van der Waals surface area contributed by atoms with E-state index >= 15 is 0 Å². The van der Waals surface area contributed by atoms with Gasteiger partial charge in [-0.1, -0.05) is 25.0 Å². The zero-order valence-corrected chi connectivity index (χ0v) is 10.8. The van der Waals surface area contributed by atoms with Gasteiger partial charge in [0.2, 0.25) is 5.91 Å². The first kappa shape index (κ1) is 13.5. The lowest BCUT2D eigenvalue weighted by molar-refractivity contribution is -0.132. The van der Waals surface area contributed by atoms with Crippen molar-refractivity contribution in [1.82, 2.24) is 4.90 Å². The summed E-state index contributed by atoms with van der Waals surface area (Å²) in [6.45, 7) is 0.144. The number of benzene rings is 1. The van der Waals surface area contributed by atoms with Gasteiger partial charge in [-0.2, -0.15) is 5.26 Å². The Balaban J connectivity index is 2.02. The molecule has 0 N–H and O–H groups in total. The molecule has 1 aliphatic rings. The number of hydrogen-bond donors (Lipinski definition) is 0. The van der Waals surface area contributed by atoms with E-state index in [9.17, 15) is 9.18 Å². The summed E-state index contributed by atoms with van der Waals surface area (Å²) in [4.78, 5) is 13.9. The second-order valence-corrected chi connectivity index (χ2v) is 4.92. The Bertz CT molecular complexity index is 472. The van der Waals surface area contributed by atoms with Crippen molar-refractivity contribution in [2.75, 3.05) is 6.54 Å². The summed E-state index contributed by atoms with van der Waals surface area (Å²) in [6, 6.07) is 8.21. The third-order valence-corrected chi connectivity index (χ3v) is 3.60. The molecule has 4 heteroatoms. The molecule has 0 atom stereocenters. The number of carbonyl (C=O) groups is 1. The van der Waals surface area contributed by atoms with Crippen molar-refractivity contribution < 1.29 is 9.18 Å². The highest BCUT2D eigenvalue weighted by atomic mass is 19.1. The molecule has 1 aromatic carbocycles. The van der Waals surface area contributed by atoms with Crippen LogP contribution in [0.4, 0.5) is 4.39 Å². The summed E-state index contributed by atoms with van der Waals surface area (Å²) in [6.07, 6.45) is 4.44. The van der Waals surface area contributed by atoms with Crippen molar-refractivity contribution in [2.45, 2.75) is 38.1 Å². The summed E-state index contributed by atoms with van der Waals surface area (Å²) in [5.74, 6) is -0.346. The van der Waals surface area contributed by atoms with Gasteiger partial charge in [-0.3, -0.25) is 4.79 Å². The highest BCUT2D eigenvalue weighted by Gasteiger charge is 2.26. The molecule has 0 unspecified atom stereocenters. The van der Waals surface area contributed by atoms with Crippen LogP contribution in [0.5, 0.6) is 0 Å². The molecule has 0 aliphatic heterocycles. The minimum atomic E-state index is -0.305. The lowest BCUT2D eigenvalue weighted by Crippen LogP contribution is -2.40. The van der Waals surface area contributed by atoms with E-state index in [1.54, 1.807) is 17.0 Å². The van der Waals surface area contributed by atoms with E-state index in [-0.39, 0.29) is 30.7 Å². The van der Waals surface area contributed by atoms with Crippen LogP contribution < -0.4 is 0 Å². The zero-order chi connectivity index (χ0) is 13.7. The van der Waals surface area contributed by atoms with E-state index in [1.165, 1.54) is 12.1 Å². The molecule has 0 bridgehead atoms. The third-order valence-electron chi connectivity index (χ3n) is 3.60. The first-order valence-corrected chi connectivity index (χ1v) is 6.61. The Morgan fingerprint density at radius 1 is 1.32 bits per heavy atom. The summed E-state index contributed by atoms with van der Waals surface area (Å²) in [5.41, 5.74) is 0.785. The SMILES string of the molecule is N#CCN(C(=O)Cc1ccc(F)cc1)C1CCCC1. The number of nitrogens with zero attached hydrogens (tertiary/aromatic N) is 2. The summed E-state index contributed by atoms with van der Waals surface area (Å²) in [7, 11) is 0. The highest BCUT2D eigenvalue weighted by Crippen LogP contribution is 2.24. The van der Waals surface area contributed by atoms with E-state index in [0.29, 0.717) is 0 Å². The molecule has 2 rings (SSSR count). The average Bonchev–Trinajstić information content (AvgIpc) is 2.92. The molecule has 1 aromatic rings. The van der Waals surface area contributed by atoms with Crippen molar-refractivity contribution in [3.8, 4) is 6.07 Å². The Morgan fingerprint density at radius 3 is 2.53 bits per heavy atom. The summed E-state index contributed by atoms with van der Waals surface area (Å²) in [5, 5.41) is 8.85. The van der Waals surface area contributed by atoms with Gasteiger partial charge in [0.25, 0.3) is 0 Å². The van der Waals surface area contributed by atoms with Crippen LogP contribution in [-0.4, -0.2) is 23.4 Å². The standard InChI is InChI=1S/C15H17FN2O/c16-13-7-5-12(6-8-13)11-15(19)18(10-9-17)14-3-1-2-4-14/h5-8,14H,1-4,10-11H2. The third kappa shape index (κ3) is 3.54. The fourth-order valence-corrected chi connectivity index (χ4v) is 2.59. The number of amides is 1. The maximum absolute atomic E-state index is 12.8. The van der Waals surface area contributed by atoms with E-state index in [2.05, 4.69) is 6.07 Å². The second-order valence-electron chi connectivity index (χ2n) is 4.92. The van der Waals surface area contributed by atoms with E-state index in [4.69, 9.17) is 5.26 Å². The van der Waals surface area contributed by atoms with Crippen LogP contribution in [0.3, 0.4) is 0 Å². The van der Waals surface area contributed by atoms with Gasteiger partial charge in [0.1, 0.15) is 12.4 Å². The Morgan fingerprint density at radius 2 is 1.95 bits per heavy atom. The van der Waals surface area contributed by atoms with Gasteiger partial charge in [-0.05, 0) is 30.5 Å². The second kappa shape index (κ2) is 6.33. The largest absolute Gasteiger partial charge is 0.326 e. The molecular weight excluding hydrogens is 243 g/mol. The van der Waals surface area contributed by atoms with Crippen molar-refractivity contribution in [1.29, 1.82) is 5.26 Å². The number of halogens is 1. The molecule has 1 saturated carbocycles. The van der Waals surface area contributed by atoms with Crippen LogP contribution in [0.25, 0.3) is 0 Å². The average molecular weight is 260 g/mol. The zero-order valence-electron chi connectivity index (χ0n) is 10.8. The molecule has 100 valence electrons. The molecule has 0 spiro atoms. The maximum atomic E-state index is 12.8. The summed E-state index contributed by atoms with van der Waals surface area (Å²) >= 11 is 0. The van der Waals surface area contributed by atoms with Crippen molar-refractivity contribution in [3.63, 3.8) is 0 Å². The van der Waals surface area contributed by atoms with Crippen molar-refractivity contribution in [3.05, 3.63) is 35.6 Å². The quantitative estimate of drug-likeness (QED) is 0.781. The summed E-state index contributed by atoms with van der Waals surface area (Å²) < 4.78 is 12.8. The first-order chi connectivity index (χ1) is 9.20. The maximum Gasteiger partial charge on any atom is 0.228 e. The Kier molecular flexibility index (Phi) is 4.51. The highest BCUT2D eigenvalue weighted by molar-refractivity contribution is 5.79. The molecule has 3 nitrogen and oxygen atoms in total. The molecule has 0 saturated heterocycles. The van der Waals surface area contributed by atoms with E-state index in [1.807, 2.05) is 0 Å². The number of hydrogen-bond acceptors (Lipinski definition) is 2. The predicted octanol–water partition coefficient (Wildman–Crippen LogP) is 2.66. The van der Waals surface area contributed by atoms with Crippen LogP contribution in [0.2, 0.25) is 0 Å². The monoisotopic (exact) mass is 260 g/mol. The molecular formula is C15H17FN2O. The van der Waals surface area contributed by atoms with Gasteiger partial charge in [0, 0.05) is 6.04 Å². The number of nitriles is 1. The normalized spacial score (nSPS) is 15.2. The lowest BCUT2D eigenvalue weighted by Gasteiger charge is -2.26. The van der Waals surface area contributed by atoms with Gasteiger partial charge >= 0.3 is 0 Å². The van der Waals surface area contributed by atoms with Crippen LogP contribution in [0.1, 0.15) is 31.2 Å². The molecule has 1 fully saturated rings. The fourth-order valence-electron chi connectivity index (χ4n) is 2.59. The van der Waals surface area contributed by atoms with Gasteiger partial charge in [0.05, 0.1) is 12.5 Å². The molecule has 1 amide bonds. The van der Waals surface area contributed by atoms with Crippen LogP contribution in [-0.2, 0) is 11.2 Å². The van der Waals surface area contributed by atoms with Gasteiger partial charge < -0.3 is 4.90 Å². The van der Waals surface area contributed by atoms with E-state index < -0.39 is 0 Å². The van der Waals surface area contributed by atoms with Crippen molar-refractivity contribution in [2.24, 2.45) is 0 Å². The van der Waals surface area contributed by atoms with Gasteiger partial charge in [-0.25, -0.2) is 4.39 Å². The Labute approximate surface area is 112 Å². The van der Waals surface area contributed by atoms with Gasteiger partial charge in [0.15, 0.2) is 0 Å². The van der Waals surface area contributed by atoms with Crippen LogP contribution in [0.15, 0.2) is 24.3 Å². The fraction of sp³-hybridized carbons (Fsp3) is 0.467.